The van der Waals surface area contributed by atoms with Gasteiger partial charge < -0.3 is 14.5 Å². The molecule has 0 aromatic heterocycles. The fourth-order valence-electron chi connectivity index (χ4n) is 4.41. The lowest BCUT2D eigenvalue weighted by atomic mass is 10.1. The second-order valence-corrected chi connectivity index (χ2v) is 10.9. The van der Waals surface area contributed by atoms with Crippen LogP contribution in [0.1, 0.15) is 18.1 Å². The molecule has 3 aromatic carbocycles. The number of carbonyl (C=O) groups excluding carboxylic acids is 1. The molecule has 1 aliphatic heterocycles. The summed E-state index contributed by atoms with van der Waals surface area (Å²) in [6, 6.07) is 18.4. The second kappa shape index (κ2) is 11.2. The van der Waals surface area contributed by atoms with Crippen molar-refractivity contribution in [3.63, 3.8) is 0 Å². The highest BCUT2D eigenvalue weighted by atomic mass is 32.2. The monoisotopic (exact) mass is 525 g/mol. The van der Waals surface area contributed by atoms with Gasteiger partial charge in [-0.1, -0.05) is 25.1 Å². The molecule has 9 heteroatoms. The van der Waals surface area contributed by atoms with Gasteiger partial charge in [0.1, 0.15) is 23.0 Å². The minimum Gasteiger partial charge on any atom is -0.495 e. The quantitative estimate of drug-likeness (QED) is 0.440. The number of carbonyl (C=O) groups is 1. The first-order valence-electron chi connectivity index (χ1n) is 12.3. The summed E-state index contributed by atoms with van der Waals surface area (Å²) < 4.78 is 47.7. The van der Waals surface area contributed by atoms with E-state index in [4.69, 9.17) is 4.74 Å². The van der Waals surface area contributed by atoms with E-state index < -0.39 is 10.0 Å². The number of hydrogen-bond donors (Lipinski definition) is 0. The Morgan fingerprint density at radius 3 is 2.22 bits per heavy atom. The van der Waals surface area contributed by atoms with Crippen LogP contribution in [0.2, 0.25) is 0 Å². The molecule has 0 saturated carbocycles. The van der Waals surface area contributed by atoms with Gasteiger partial charge in [0.2, 0.25) is 5.91 Å². The molecule has 0 N–H and O–H groups in total. The number of amides is 1. The van der Waals surface area contributed by atoms with Gasteiger partial charge in [0.25, 0.3) is 10.0 Å². The number of benzene rings is 3. The van der Waals surface area contributed by atoms with E-state index in [0.717, 1.165) is 23.2 Å². The van der Waals surface area contributed by atoms with Crippen molar-refractivity contribution in [1.82, 2.24) is 4.90 Å². The third-order valence-corrected chi connectivity index (χ3v) is 8.42. The van der Waals surface area contributed by atoms with E-state index in [1.165, 1.54) is 23.5 Å². The number of aryl methyl sites for hydroxylation is 2. The van der Waals surface area contributed by atoms with Crippen LogP contribution >= 0.6 is 0 Å². The largest absolute Gasteiger partial charge is 0.495 e. The summed E-state index contributed by atoms with van der Waals surface area (Å²) in [5, 5.41) is 0. The molecule has 4 rings (SSSR count). The lowest BCUT2D eigenvalue weighted by Gasteiger charge is -2.37. The predicted molar refractivity (Wildman–Crippen MR) is 143 cm³/mol. The van der Waals surface area contributed by atoms with E-state index >= 15 is 0 Å². The van der Waals surface area contributed by atoms with Gasteiger partial charge in [0, 0.05) is 31.9 Å². The SMILES string of the molecule is CCc1ccc(N(CC(=O)N2CCN(c3ccc(F)cc3)CC2)S(=O)(=O)c2cc(C)ccc2OC)cc1. The number of ether oxygens (including phenoxy) is 1. The number of rotatable bonds is 8. The predicted octanol–water partition coefficient (Wildman–Crippen LogP) is 4.25. The Morgan fingerprint density at radius 1 is 0.973 bits per heavy atom. The van der Waals surface area contributed by atoms with Crippen LogP contribution in [0, 0.1) is 12.7 Å². The summed E-state index contributed by atoms with van der Waals surface area (Å²) >= 11 is 0. The number of nitrogens with zero attached hydrogens (tertiary/aromatic N) is 3. The van der Waals surface area contributed by atoms with E-state index in [1.54, 1.807) is 47.4 Å². The summed E-state index contributed by atoms with van der Waals surface area (Å²) in [6.07, 6.45) is 0.815. The summed E-state index contributed by atoms with van der Waals surface area (Å²) in [7, 11) is -2.69. The van der Waals surface area contributed by atoms with Crippen molar-refractivity contribution in [3.8, 4) is 5.75 Å². The number of anilines is 2. The average Bonchev–Trinajstić information content (AvgIpc) is 2.92. The van der Waals surface area contributed by atoms with Gasteiger partial charge >= 0.3 is 0 Å². The smallest absolute Gasteiger partial charge is 0.268 e. The first kappa shape index (κ1) is 26.5. The Labute approximate surface area is 218 Å². The lowest BCUT2D eigenvalue weighted by molar-refractivity contribution is -0.129. The molecule has 196 valence electrons. The number of methoxy groups -OCH3 is 1. The molecule has 0 spiro atoms. The van der Waals surface area contributed by atoms with Gasteiger partial charge in [-0.3, -0.25) is 9.10 Å². The molecule has 1 fully saturated rings. The van der Waals surface area contributed by atoms with Crippen molar-refractivity contribution >= 4 is 27.3 Å². The first-order chi connectivity index (χ1) is 17.7. The molecule has 1 heterocycles. The van der Waals surface area contributed by atoms with Gasteiger partial charge in [-0.2, -0.15) is 0 Å². The standard InChI is InChI=1S/C28H32FN3O4S/c1-4-22-6-10-25(11-7-22)32(37(34,35)27-19-21(2)5-14-26(27)36-3)20-28(33)31-17-15-30(16-18-31)24-12-8-23(29)9-13-24/h5-14,19H,4,15-18,20H2,1-3H3. The molecule has 7 nitrogen and oxygen atoms in total. The Kier molecular flexibility index (Phi) is 8.02. The van der Waals surface area contributed by atoms with E-state index in [-0.39, 0.29) is 28.9 Å². The Morgan fingerprint density at radius 2 is 1.62 bits per heavy atom. The lowest BCUT2D eigenvalue weighted by Crippen LogP contribution is -2.52. The molecule has 0 aliphatic carbocycles. The van der Waals surface area contributed by atoms with Crippen LogP contribution in [-0.2, 0) is 21.2 Å². The summed E-state index contributed by atoms with van der Waals surface area (Å²) in [4.78, 5) is 17.2. The van der Waals surface area contributed by atoms with Gasteiger partial charge in [-0.05, 0) is 73.0 Å². The van der Waals surface area contributed by atoms with Gasteiger partial charge in [0.15, 0.2) is 0 Å². The molecule has 3 aromatic rings. The molecular formula is C28H32FN3O4S. The molecule has 1 amide bonds. The van der Waals surface area contributed by atoms with Gasteiger partial charge in [0.05, 0.1) is 12.8 Å². The molecule has 1 saturated heterocycles. The third-order valence-electron chi connectivity index (χ3n) is 6.62. The van der Waals surface area contributed by atoms with Crippen LogP contribution in [0.4, 0.5) is 15.8 Å². The first-order valence-corrected chi connectivity index (χ1v) is 13.7. The molecule has 0 radical (unpaired) electrons. The van der Waals surface area contributed by atoms with Crippen molar-refractivity contribution in [3.05, 3.63) is 83.7 Å². The number of sulfonamides is 1. The van der Waals surface area contributed by atoms with Crippen molar-refractivity contribution in [2.24, 2.45) is 0 Å². The van der Waals surface area contributed by atoms with Crippen LogP contribution in [0.15, 0.2) is 71.6 Å². The van der Waals surface area contributed by atoms with Crippen molar-refractivity contribution < 1.29 is 22.3 Å². The summed E-state index contributed by atoms with van der Waals surface area (Å²) in [5.74, 6) is -0.356. The minimum atomic E-state index is -4.12. The molecule has 37 heavy (non-hydrogen) atoms. The highest BCUT2D eigenvalue weighted by Gasteiger charge is 2.32. The van der Waals surface area contributed by atoms with E-state index in [9.17, 15) is 17.6 Å². The number of hydrogen-bond acceptors (Lipinski definition) is 5. The van der Waals surface area contributed by atoms with Crippen molar-refractivity contribution in [2.75, 3.05) is 49.0 Å². The van der Waals surface area contributed by atoms with Crippen LogP contribution in [0.3, 0.4) is 0 Å². The number of piperazine rings is 1. The van der Waals surface area contributed by atoms with Crippen LogP contribution in [0.5, 0.6) is 5.75 Å². The molecule has 0 bridgehead atoms. The maximum Gasteiger partial charge on any atom is 0.268 e. The fourth-order valence-corrected chi connectivity index (χ4v) is 6.06. The summed E-state index contributed by atoms with van der Waals surface area (Å²) in [6.45, 7) is 5.52. The molecule has 0 atom stereocenters. The Bertz CT molecular complexity index is 1340. The van der Waals surface area contributed by atoms with Crippen LogP contribution < -0.4 is 13.9 Å². The third kappa shape index (κ3) is 5.88. The summed E-state index contributed by atoms with van der Waals surface area (Å²) in [5.41, 5.74) is 3.14. The zero-order chi connectivity index (χ0) is 26.6. The van der Waals surface area contributed by atoms with Crippen LogP contribution in [0.25, 0.3) is 0 Å². The Hall–Kier alpha value is -3.59. The normalized spacial score (nSPS) is 13.9. The van der Waals surface area contributed by atoms with Crippen LogP contribution in [-0.4, -0.2) is 59.1 Å². The number of halogens is 1. The zero-order valence-electron chi connectivity index (χ0n) is 21.4. The maximum atomic E-state index is 13.9. The van der Waals surface area contributed by atoms with E-state index in [1.807, 2.05) is 26.0 Å². The molecular weight excluding hydrogens is 493 g/mol. The minimum absolute atomic E-state index is 0.0171. The topological polar surface area (TPSA) is 70.2 Å². The highest BCUT2D eigenvalue weighted by Crippen LogP contribution is 2.31. The molecule has 0 unspecified atom stereocenters. The fraction of sp³-hybridized carbons (Fsp3) is 0.321. The van der Waals surface area contributed by atoms with E-state index in [0.29, 0.717) is 31.9 Å². The van der Waals surface area contributed by atoms with Crippen molar-refractivity contribution in [2.45, 2.75) is 25.2 Å². The van der Waals surface area contributed by atoms with Gasteiger partial charge in [-0.15, -0.1) is 0 Å². The second-order valence-electron chi connectivity index (χ2n) is 9.03. The highest BCUT2D eigenvalue weighted by molar-refractivity contribution is 7.93. The molecule has 1 aliphatic rings. The maximum absolute atomic E-state index is 13.9. The van der Waals surface area contributed by atoms with Crippen molar-refractivity contribution in [1.29, 1.82) is 0 Å². The zero-order valence-corrected chi connectivity index (χ0v) is 22.2. The average molecular weight is 526 g/mol. The Balaban J connectivity index is 1.58. The van der Waals surface area contributed by atoms with Gasteiger partial charge in [-0.25, -0.2) is 12.8 Å². The van der Waals surface area contributed by atoms with E-state index in [2.05, 4.69) is 4.90 Å².